The van der Waals surface area contributed by atoms with Crippen LogP contribution in [0.1, 0.15) is 32.8 Å². The maximum atomic E-state index is 13.7. The molecule has 1 aromatic carbocycles. The molecule has 1 aliphatic rings. The van der Waals surface area contributed by atoms with E-state index in [0.29, 0.717) is 31.1 Å². The van der Waals surface area contributed by atoms with Gasteiger partial charge in [0.1, 0.15) is 11.5 Å². The molecule has 0 aliphatic carbocycles. The Balaban J connectivity index is 1.65. The van der Waals surface area contributed by atoms with Gasteiger partial charge in [-0.25, -0.2) is 9.18 Å². The third kappa shape index (κ3) is 3.32. The zero-order valence-corrected chi connectivity index (χ0v) is 13.4. The summed E-state index contributed by atoms with van der Waals surface area (Å²) in [6.07, 6.45) is 3.31. The van der Waals surface area contributed by atoms with E-state index >= 15 is 0 Å². The molecule has 1 amide bonds. The Hall–Kier alpha value is -2.63. The molecule has 2 heterocycles. The van der Waals surface area contributed by atoms with Crippen molar-refractivity contribution in [1.29, 1.82) is 0 Å². The molecule has 126 valence electrons. The largest absolute Gasteiger partial charge is 0.465 e. The second-order valence-corrected chi connectivity index (χ2v) is 6.00. The minimum Gasteiger partial charge on any atom is -0.465 e. The van der Waals surface area contributed by atoms with Gasteiger partial charge in [-0.1, -0.05) is 6.07 Å². The zero-order valence-electron chi connectivity index (χ0n) is 13.4. The molecule has 0 radical (unpaired) electrons. The highest BCUT2D eigenvalue weighted by Gasteiger charge is 2.27. The van der Waals surface area contributed by atoms with Gasteiger partial charge in [-0.2, -0.15) is 0 Å². The van der Waals surface area contributed by atoms with E-state index in [-0.39, 0.29) is 11.5 Å². The van der Waals surface area contributed by atoms with Crippen molar-refractivity contribution in [3.8, 4) is 0 Å². The van der Waals surface area contributed by atoms with E-state index in [9.17, 15) is 14.0 Å². The molecule has 1 atom stereocenters. The fourth-order valence-electron chi connectivity index (χ4n) is 3.12. The maximum absolute atomic E-state index is 13.7. The molecular weight excluding hydrogens is 311 g/mol. The quantitative estimate of drug-likeness (QED) is 0.877. The lowest BCUT2D eigenvalue weighted by Gasteiger charge is -2.16. The lowest BCUT2D eigenvalue weighted by molar-refractivity contribution is 0.0595. The number of hydrogen-bond donors (Lipinski definition) is 1. The molecule has 1 aromatic heterocycles. The summed E-state index contributed by atoms with van der Waals surface area (Å²) in [5, 5.41) is 0. The van der Waals surface area contributed by atoms with Crippen LogP contribution in [0, 0.1) is 11.7 Å². The average molecular weight is 330 g/mol. The van der Waals surface area contributed by atoms with Gasteiger partial charge in [-0.05, 0) is 48.6 Å². The molecule has 1 unspecified atom stereocenters. The average Bonchev–Trinajstić information content (AvgIpc) is 3.27. The predicted molar refractivity (Wildman–Crippen MR) is 86.2 cm³/mol. The van der Waals surface area contributed by atoms with Crippen molar-refractivity contribution in [1.82, 2.24) is 9.88 Å². The number of methoxy groups -OCH3 is 1. The first-order valence-corrected chi connectivity index (χ1v) is 7.88. The van der Waals surface area contributed by atoms with E-state index in [0.717, 1.165) is 12.0 Å². The van der Waals surface area contributed by atoms with E-state index in [2.05, 4.69) is 9.72 Å². The first-order valence-electron chi connectivity index (χ1n) is 7.88. The number of rotatable bonds is 4. The smallest absolute Gasteiger partial charge is 0.340 e. The number of nitrogens with zero attached hydrogens (tertiary/aromatic N) is 1. The van der Waals surface area contributed by atoms with Crippen LogP contribution >= 0.6 is 0 Å². The van der Waals surface area contributed by atoms with Crippen LogP contribution in [0.2, 0.25) is 0 Å². The second-order valence-electron chi connectivity index (χ2n) is 6.00. The van der Waals surface area contributed by atoms with Crippen LogP contribution in [-0.4, -0.2) is 42.0 Å². The number of esters is 1. The molecule has 0 spiro atoms. The van der Waals surface area contributed by atoms with Crippen LogP contribution in [-0.2, 0) is 11.2 Å². The van der Waals surface area contributed by atoms with Gasteiger partial charge >= 0.3 is 5.97 Å². The van der Waals surface area contributed by atoms with Gasteiger partial charge in [0.15, 0.2) is 0 Å². The zero-order chi connectivity index (χ0) is 17.1. The first kappa shape index (κ1) is 16.2. The van der Waals surface area contributed by atoms with Crippen molar-refractivity contribution in [2.24, 2.45) is 5.92 Å². The Morgan fingerprint density at radius 2 is 2.21 bits per heavy atom. The monoisotopic (exact) mass is 330 g/mol. The van der Waals surface area contributed by atoms with Crippen molar-refractivity contribution in [2.75, 3.05) is 20.2 Å². The van der Waals surface area contributed by atoms with Crippen molar-refractivity contribution in [3.05, 3.63) is 59.2 Å². The van der Waals surface area contributed by atoms with Gasteiger partial charge in [0.25, 0.3) is 5.91 Å². The van der Waals surface area contributed by atoms with Gasteiger partial charge in [-0.3, -0.25) is 4.79 Å². The number of benzene rings is 1. The van der Waals surface area contributed by atoms with E-state index in [1.165, 1.54) is 19.2 Å². The summed E-state index contributed by atoms with van der Waals surface area (Å²) in [5.74, 6) is -0.971. The van der Waals surface area contributed by atoms with E-state index in [1.807, 2.05) is 4.90 Å². The molecule has 1 saturated heterocycles. The first-order chi connectivity index (χ1) is 11.6. The minimum absolute atomic E-state index is 0.00291. The van der Waals surface area contributed by atoms with Gasteiger partial charge in [-0.15, -0.1) is 0 Å². The molecule has 6 heteroatoms. The van der Waals surface area contributed by atoms with Crippen LogP contribution in [0.3, 0.4) is 0 Å². The van der Waals surface area contributed by atoms with Crippen LogP contribution in [0.25, 0.3) is 0 Å². The van der Waals surface area contributed by atoms with Gasteiger partial charge in [0.05, 0.1) is 12.7 Å². The molecule has 2 aromatic rings. The Labute approximate surface area is 139 Å². The van der Waals surface area contributed by atoms with Crippen LogP contribution in [0.15, 0.2) is 36.5 Å². The highest BCUT2D eigenvalue weighted by molar-refractivity contribution is 5.92. The molecule has 0 saturated carbocycles. The van der Waals surface area contributed by atoms with Crippen molar-refractivity contribution in [3.63, 3.8) is 0 Å². The molecule has 1 N–H and O–H groups in total. The molecule has 24 heavy (non-hydrogen) atoms. The van der Waals surface area contributed by atoms with Crippen molar-refractivity contribution >= 4 is 11.9 Å². The number of H-pyrrole nitrogens is 1. The number of halogens is 1. The lowest BCUT2D eigenvalue weighted by atomic mass is 9.97. The molecule has 5 nitrogen and oxygen atoms in total. The van der Waals surface area contributed by atoms with Gasteiger partial charge in [0, 0.05) is 19.3 Å². The number of hydrogen-bond acceptors (Lipinski definition) is 3. The normalized spacial score (nSPS) is 17.1. The highest BCUT2D eigenvalue weighted by Crippen LogP contribution is 2.23. The van der Waals surface area contributed by atoms with E-state index in [1.54, 1.807) is 24.4 Å². The number of aromatic nitrogens is 1. The van der Waals surface area contributed by atoms with Crippen molar-refractivity contribution < 1.29 is 18.7 Å². The summed E-state index contributed by atoms with van der Waals surface area (Å²) in [6.45, 7) is 1.36. The summed E-state index contributed by atoms with van der Waals surface area (Å²) in [4.78, 5) is 28.6. The maximum Gasteiger partial charge on any atom is 0.340 e. The topological polar surface area (TPSA) is 62.4 Å². The summed E-state index contributed by atoms with van der Waals surface area (Å²) in [7, 11) is 1.23. The Bertz CT molecular complexity index is 743. The third-order valence-electron chi connectivity index (χ3n) is 4.36. The van der Waals surface area contributed by atoms with Gasteiger partial charge < -0.3 is 14.6 Å². The van der Waals surface area contributed by atoms with E-state index in [4.69, 9.17) is 0 Å². The predicted octanol–water partition coefficient (Wildman–Crippen LogP) is 2.65. The highest BCUT2D eigenvalue weighted by atomic mass is 19.1. The van der Waals surface area contributed by atoms with E-state index < -0.39 is 11.8 Å². The standard InChI is InChI=1S/C18H19FN2O3/c1-24-18(23)14-10-12(4-5-15(14)19)9-13-6-8-21(11-13)17(22)16-3-2-7-20-16/h2-5,7,10,13,20H,6,8-9,11H2,1H3. The number of likely N-dealkylation sites (tertiary alicyclic amines) is 1. The molecule has 1 fully saturated rings. The molecule has 0 bridgehead atoms. The Morgan fingerprint density at radius 3 is 2.92 bits per heavy atom. The molecule has 1 aliphatic heterocycles. The van der Waals surface area contributed by atoms with Crippen LogP contribution in [0.4, 0.5) is 4.39 Å². The number of carbonyl (C=O) groups is 2. The minimum atomic E-state index is -0.677. The Kier molecular flexibility index (Phi) is 4.64. The Morgan fingerprint density at radius 1 is 1.38 bits per heavy atom. The van der Waals surface area contributed by atoms with Crippen LogP contribution < -0.4 is 0 Å². The summed E-state index contributed by atoms with van der Waals surface area (Å²) in [5.41, 5.74) is 1.41. The van der Waals surface area contributed by atoms with Crippen LogP contribution in [0.5, 0.6) is 0 Å². The molecular formula is C18H19FN2O3. The molecule has 3 rings (SSSR count). The number of nitrogens with one attached hydrogen (secondary N) is 1. The number of aromatic amines is 1. The summed E-state index contributed by atoms with van der Waals surface area (Å²) < 4.78 is 18.3. The SMILES string of the molecule is COC(=O)c1cc(CC2CCN(C(=O)c3ccc[nH]3)C2)ccc1F. The summed E-state index contributed by atoms with van der Waals surface area (Å²) >= 11 is 0. The van der Waals surface area contributed by atoms with Crippen molar-refractivity contribution in [2.45, 2.75) is 12.8 Å². The number of ether oxygens (including phenoxy) is 1. The third-order valence-corrected chi connectivity index (χ3v) is 4.36. The number of carbonyl (C=O) groups excluding carboxylic acids is 2. The van der Waals surface area contributed by atoms with Gasteiger partial charge in [0.2, 0.25) is 0 Å². The second kappa shape index (κ2) is 6.86. The lowest BCUT2D eigenvalue weighted by Crippen LogP contribution is -2.29. The fourth-order valence-corrected chi connectivity index (χ4v) is 3.12. The number of amides is 1. The fraction of sp³-hybridized carbons (Fsp3) is 0.333. The summed E-state index contributed by atoms with van der Waals surface area (Å²) in [6, 6.07) is 8.07.